The van der Waals surface area contributed by atoms with Crippen molar-refractivity contribution in [2.45, 2.75) is 12.3 Å². The molecule has 2 nitrogen and oxygen atoms in total. The van der Waals surface area contributed by atoms with Crippen molar-refractivity contribution in [1.29, 1.82) is 0 Å². The molecule has 0 fully saturated rings. The van der Waals surface area contributed by atoms with Crippen molar-refractivity contribution in [2.75, 3.05) is 0 Å². The molecule has 1 atom stereocenters. The van der Waals surface area contributed by atoms with E-state index in [0.717, 1.165) is 16.3 Å². The second-order valence-electron chi connectivity index (χ2n) is 4.05. The lowest BCUT2D eigenvalue weighted by molar-refractivity contribution is -0.137. The Bertz CT molecular complexity index is 558. The van der Waals surface area contributed by atoms with Gasteiger partial charge in [-0.3, -0.25) is 4.79 Å². The SMILES string of the molecule is C=CC(CC(=O)O)c1ccc2ccccc2c1. The Morgan fingerprint density at radius 3 is 2.59 bits per heavy atom. The van der Waals surface area contributed by atoms with Gasteiger partial charge in [0, 0.05) is 5.92 Å². The first kappa shape index (κ1) is 11.4. The maximum atomic E-state index is 10.8. The average Bonchev–Trinajstić information content (AvgIpc) is 2.35. The number of carboxylic acids is 1. The first-order valence-corrected chi connectivity index (χ1v) is 5.54. The van der Waals surface area contributed by atoms with Crippen LogP contribution >= 0.6 is 0 Å². The molecule has 0 spiro atoms. The van der Waals surface area contributed by atoms with Crippen molar-refractivity contribution in [3.63, 3.8) is 0 Å². The van der Waals surface area contributed by atoms with Crippen molar-refractivity contribution in [2.24, 2.45) is 0 Å². The fourth-order valence-corrected chi connectivity index (χ4v) is 1.96. The fraction of sp³-hybridized carbons (Fsp3) is 0.133. The van der Waals surface area contributed by atoms with E-state index in [4.69, 9.17) is 5.11 Å². The summed E-state index contributed by atoms with van der Waals surface area (Å²) in [5.41, 5.74) is 1.00. The molecule has 0 aliphatic heterocycles. The van der Waals surface area contributed by atoms with E-state index in [-0.39, 0.29) is 12.3 Å². The smallest absolute Gasteiger partial charge is 0.304 e. The maximum absolute atomic E-state index is 10.8. The van der Waals surface area contributed by atoms with Gasteiger partial charge in [0.05, 0.1) is 6.42 Å². The van der Waals surface area contributed by atoms with Gasteiger partial charge in [0.25, 0.3) is 0 Å². The summed E-state index contributed by atoms with van der Waals surface area (Å²) in [6.45, 7) is 3.71. The standard InChI is InChI=1S/C15H14O2/c1-2-11(10-15(16)17)14-8-7-12-5-3-4-6-13(12)9-14/h2-9,11H,1,10H2,(H,16,17). The molecule has 0 bridgehead atoms. The zero-order valence-corrected chi connectivity index (χ0v) is 9.47. The summed E-state index contributed by atoms with van der Waals surface area (Å²) >= 11 is 0. The zero-order chi connectivity index (χ0) is 12.3. The topological polar surface area (TPSA) is 37.3 Å². The van der Waals surface area contributed by atoms with Gasteiger partial charge in [0.15, 0.2) is 0 Å². The Balaban J connectivity index is 2.40. The van der Waals surface area contributed by atoms with Crippen molar-refractivity contribution in [3.05, 3.63) is 60.7 Å². The van der Waals surface area contributed by atoms with Crippen LogP contribution in [0, 0.1) is 0 Å². The second-order valence-corrected chi connectivity index (χ2v) is 4.05. The Morgan fingerprint density at radius 1 is 1.24 bits per heavy atom. The molecule has 2 rings (SSSR count). The molecule has 86 valence electrons. The fourth-order valence-electron chi connectivity index (χ4n) is 1.96. The van der Waals surface area contributed by atoms with E-state index in [1.54, 1.807) is 6.08 Å². The summed E-state index contributed by atoms with van der Waals surface area (Å²) in [6.07, 6.45) is 1.78. The Morgan fingerprint density at radius 2 is 1.94 bits per heavy atom. The third-order valence-corrected chi connectivity index (χ3v) is 2.88. The highest BCUT2D eigenvalue weighted by molar-refractivity contribution is 5.83. The third-order valence-electron chi connectivity index (χ3n) is 2.88. The summed E-state index contributed by atoms with van der Waals surface area (Å²) < 4.78 is 0. The molecule has 1 N–H and O–H groups in total. The van der Waals surface area contributed by atoms with Gasteiger partial charge in [-0.2, -0.15) is 0 Å². The molecule has 1 unspecified atom stereocenters. The molecule has 0 radical (unpaired) electrons. The van der Waals surface area contributed by atoms with Gasteiger partial charge in [0.2, 0.25) is 0 Å². The summed E-state index contributed by atoms with van der Waals surface area (Å²) in [4.78, 5) is 10.8. The van der Waals surface area contributed by atoms with E-state index in [0.29, 0.717) is 0 Å². The van der Waals surface area contributed by atoms with Gasteiger partial charge in [-0.1, -0.05) is 48.5 Å². The highest BCUT2D eigenvalue weighted by atomic mass is 16.4. The number of fused-ring (bicyclic) bond motifs is 1. The quantitative estimate of drug-likeness (QED) is 0.809. The monoisotopic (exact) mass is 226 g/mol. The molecule has 0 saturated carbocycles. The van der Waals surface area contributed by atoms with E-state index >= 15 is 0 Å². The molecule has 0 heterocycles. The molecular formula is C15H14O2. The molecule has 2 aromatic rings. The lowest BCUT2D eigenvalue weighted by atomic mass is 9.94. The number of rotatable bonds is 4. The molecule has 0 aromatic heterocycles. The van der Waals surface area contributed by atoms with Gasteiger partial charge < -0.3 is 5.11 Å². The Hall–Kier alpha value is -2.09. The van der Waals surface area contributed by atoms with Crippen LogP contribution in [-0.2, 0) is 4.79 Å². The van der Waals surface area contributed by atoms with Crippen LogP contribution in [0.25, 0.3) is 10.8 Å². The molecule has 2 heteroatoms. The van der Waals surface area contributed by atoms with Gasteiger partial charge in [-0.15, -0.1) is 6.58 Å². The predicted molar refractivity (Wildman–Crippen MR) is 69.1 cm³/mol. The molecule has 0 saturated heterocycles. The van der Waals surface area contributed by atoms with Crippen LogP contribution < -0.4 is 0 Å². The first-order chi connectivity index (χ1) is 8.20. The Labute approximate surface area is 100 Å². The summed E-state index contributed by atoms with van der Waals surface area (Å²) in [5.74, 6) is -0.930. The molecule has 17 heavy (non-hydrogen) atoms. The van der Waals surface area contributed by atoms with Crippen LogP contribution in [0.3, 0.4) is 0 Å². The summed E-state index contributed by atoms with van der Waals surface area (Å²) in [6, 6.07) is 14.1. The predicted octanol–water partition coefficient (Wildman–Crippen LogP) is 3.58. The van der Waals surface area contributed by atoms with Crippen LogP contribution in [0.15, 0.2) is 55.1 Å². The number of benzene rings is 2. The van der Waals surface area contributed by atoms with Crippen molar-refractivity contribution in [3.8, 4) is 0 Å². The summed E-state index contributed by atoms with van der Waals surface area (Å²) in [7, 11) is 0. The normalized spacial score (nSPS) is 12.2. The van der Waals surface area contributed by atoms with Crippen LogP contribution in [0.5, 0.6) is 0 Å². The number of carbonyl (C=O) groups is 1. The first-order valence-electron chi connectivity index (χ1n) is 5.54. The van der Waals surface area contributed by atoms with Gasteiger partial charge in [0.1, 0.15) is 0 Å². The lowest BCUT2D eigenvalue weighted by Gasteiger charge is -2.11. The number of aliphatic carboxylic acids is 1. The average molecular weight is 226 g/mol. The van der Waals surface area contributed by atoms with Gasteiger partial charge in [-0.25, -0.2) is 0 Å². The molecule has 0 aliphatic rings. The molecule has 0 aliphatic carbocycles. The minimum Gasteiger partial charge on any atom is -0.481 e. The summed E-state index contributed by atoms with van der Waals surface area (Å²) in [5, 5.41) is 11.1. The minimum absolute atomic E-state index is 0.0852. The van der Waals surface area contributed by atoms with Gasteiger partial charge >= 0.3 is 5.97 Å². The van der Waals surface area contributed by atoms with Crippen LogP contribution in [0.1, 0.15) is 17.9 Å². The zero-order valence-electron chi connectivity index (χ0n) is 9.47. The largest absolute Gasteiger partial charge is 0.481 e. The van der Waals surface area contributed by atoms with E-state index < -0.39 is 5.97 Å². The second kappa shape index (κ2) is 4.83. The maximum Gasteiger partial charge on any atom is 0.304 e. The molecular weight excluding hydrogens is 212 g/mol. The number of allylic oxidation sites excluding steroid dienone is 1. The van der Waals surface area contributed by atoms with Crippen LogP contribution in [0.2, 0.25) is 0 Å². The number of hydrogen-bond acceptors (Lipinski definition) is 1. The van der Waals surface area contributed by atoms with E-state index in [2.05, 4.69) is 6.58 Å². The lowest BCUT2D eigenvalue weighted by Crippen LogP contribution is -2.03. The highest BCUT2D eigenvalue weighted by Gasteiger charge is 2.12. The van der Waals surface area contributed by atoms with E-state index in [1.165, 1.54) is 0 Å². The van der Waals surface area contributed by atoms with Crippen molar-refractivity contribution in [1.82, 2.24) is 0 Å². The van der Waals surface area contributed by atoms with Crippen LogP contribution in [0.4, 0.5) is 0 Å². The molecule has 2 aromatic carbocycles. The number of carboxylic acid groups (broad SMARTS) is 1. The van der Waals surface area contributed by atoms with Crippen LogP contribution in [-0.4, -0.2) is 11.1 Å². The van der Waals surface area contributed by atoms with Crippen molar-refractivity contribution >= 4 is 16.7 Å². The Kier molecular flexibility index (Phi) is 3.24. The highest BCUT2D eigenvalue weighted by Crippen LogP contribution is 2.24. The van der Waals surface area contributed by atoms with E-state index in [9.17, 15) is 4.79 Å². The number of hydrogen-bond donors (Lipinski definition) is 1. The van der Waals surface area contributed by atoms with Gasteiger partial charge in [-0.05, 0) is 16.3 Å². The third kappa shape index (κ3) is 2.53. The van der Waals surface area contributed by atoms with E-state index in [1.807, 2.05) is 42.5 Å². The minimum atomic E-state index is -0.803. The van der Waals surface area contributed by atoms with Crippen molar-refractivity contribution < 1.29 is 9.90 Å². The molecule has 0 amide bonds.